The van der Waals surface area contributed by atoms with Crippen LogP contribution < -0.4 is 10.6 Å². The average Bonchev–Trinajstić information content (AvgIpc) is 2.64. The number of alkyl halides is 3. The molecular formula is C20H22F3N3O2. The molecule has 1 saturated heterocycles. The maximum absolute atomic E-state index is 12.7. The van der Waals surface area contributed by atoms with Crippen LogP contribution in [0.4, 0.5) is 24.5 Å². The summed E-state index contributed by atoms with van der Waals surface area (Å²) < 4.78 is 42.5. The topological polar surface area (TPSA) is 53.6 Å². The Balaban J connectivity index is 1.68. The van der Waals surface area contributed by atoms with Crippen molar-refractivity contribution in [1.29, 1.82) is 0 Å². The minimum absolute atomic E-state index is 0.182. The molecule has 2 N–H and O–H groups in total. The zero-order valence-electron chi connectivity index (χ0n) is 15.4. The third-order valence-corrected chi connectivity index (χ3v) is 4.56. The van der Waals surface area contributed by atoms with E-state index in [9.17, 15) is 18.0 Å². The maximum Gasteiger partial charge on any atom is 0.522 e. The van der Waals surface area contributed by atoms with Gasteiger partial charge in [0.15, 0.2) is 0 Å². The van der Waals surface area contributed by atoms with Gasteiger partial charge in [-0.2, -0.15) is 0 Å². The maximum atomic E-state index is 12.7. The molecule has 2 unspecified atom stereocenters. The molecule has 1 fully saturated rings. The van der Waals surface area contributed by atoms with Crippen molar-refractivity contribution in [1.82, 2.24) is 4.90 Å². The summed E-state index contributed by atoms with van der Waals surface area (Å²) in [7, 11) is 1.77. The first-order valence-electron chi connectivity index (χ1n) is 8.96. The molecule has 28 heavy (non-hydrogen) atoms. The third-order valence-electron chi connectivity index (χ3n) is 4.56. The minimum Gasteiger partial charge on any atom is -0.380 e. The molecular weight excluding hydrogens is 371 g/mol. The van der Waals surface area contributed by atoms with Crippen molar-refractivity contribution < 1.29 is 22.7 Å². The Hall–Kier alpha value is -2.58. The molecule has 2 atom stereocenters. The molecule has 0 aromatic heterocycles. The molecule has 1 aliphatic rings. The van der Waals surface area contributed by atoms with Crippen molar-refractivity contribution in [2.45, 2.75) is 24.9 Å². The summed E-state index contributed by atoms with van der Waals surface area (Å²) >= 11 is 0. The molecule has 2 aromatic rings. The van der Waals surface area contributed by atoms with Crippen LogP contribution in [0.5, 0.6) is 0 Å². The number of carbonyl (C=O) groups excluding carboxylic acids is 1. The van der Waals surface area contributed by atoms with Crippen LogP contribution in [0, 0.1) is 0 Å². The zero-order chi connectivity index (χ0) is 20.1. The number of rotatable bonds is 5. The molecule has 0 aliphatic carbocycles. The van der Waals surface area contributed by atoms with E-state index in [2.05, 4.69) is 15.4 Å². The van der Waals surface area contributed by atoms with Gasteiger partial charge >= 0.3 is 6.36 Å². The van der Waals surface area contributed by atoms with Gasteiger partial charge in [-0.15, -0.1) is 13.2 Å². The van der Waals surface area contributed by atoms with Gasteiger partial charge in [-0.25, -0.2) is 0 Å². The summed E-state index contributed by atoms with van der Waals surface area (Å²) in [4.78, 5) is 14.1. The Bertz CT molecular complexity index is 799. The van der Waals surface area contributed by atoms with Crippen LogP contribution in [0.1, 0.15) is 16.8 Å². The van der Waals surface area contributed by atoms with Crippen LogP contribution in [0.2, 0.25) is 0 Å². The fourth-order valence-corrected chi connectivity index (χ4v) is 3.22. The molecule has 5 nitrogen and oxygen atoms in total. The summed E-state index contributed by atoms with van der Waals surface area (Å²) in [6.45, 7) is 0.849. The van der Waals surface area contributed by atoms with Crippen molar-refractivity contribution in [3.05, 3.63) is 60.2 Å². The lowest BCUT2D eigenvalue weighted by atomic mass is 10.0. The highest BCUT2D eigenvalue weighted by molar-refractivity contribution is 6.04. The number of hydrogen-bond acceptors (Lipinski definition) is 4. The van der Waals surface area contributed by atoms with Crippen LogP contribution >= 0.6 is 0 Å². The second-order valence-electron chi connectivity index (χ2n) is 6.80. The molecule has 0 spiro atoms. The Morgan fingerprint density at radius 2 is 1.82 bits per heavy atom. The summed E-state index contributed by atoms with van der Waals surface area (Å²) in [6.07, 6.45) is -5.19. The molecule has 0 bridgehead atoms. The van der Waals surface area contributed by atoms with E-state index >= 15 is 0 Å². The van der Waals surface area contributed by atoms with Crippen LogP contribution in [-0.2, 0) is 4.74 Å². The monoisotopic (exact) mass is 393 g/mol. The van der Waals surface area contributed by atoms with Crippen LogP contribution in [0.25, 0.3) is 0 Å². The van der Waals surface area contributed by atoms with Gasteiger partial charge in [0.2, 0.25) is 0 Å². The average molecular weight is 393 g/mol. The van der Waals surface area contributed by atoms with E-state index < -0.39 is 18.5 Å². The van der Waals surface area contributed by atoms with Gasteiger partial charge in [0.1, 0.15) is 0 Å². The first kappa shape index (κ1) is 20.2. The SMILES string of the molecule is CN1CCC(Nc2cccc(NC(=O)c3ccccc3)c2)C(OC(F)(F)F)C1. The minimum atomic E-state index is -4.69. The van der Waals surface area contributed by atoms with E-state index in [-0.39, 0.29) is 12.5 Å². The van der Waals surface area contributed by atoms with Crippen LogP contribution in [-0.4, -0.2) is 49.5 Å². The van der Waals surface area contributed by atoms with E-state index in [0.717, 1.165) is 0 Å². The number of ether oxygens (including phenoxy) is 1. The number of benzene rings is 2. The predicted molar refractivity (Wildman–Crippen MR) is 101 cm³/mol. The third kappa shape index (κ3) is 5.71. The van der Waals surface area contributed by atoms with Crippen LogP contribution in [0.15, 0.2) is 54.6 Å². The van der Waals surface area contributed by atoms with Crippen molar-refractivity contribution in [3.8, 4) is 0 Å². The van der Waals surface area contributed by atoms with E-state index in [0.29, 0.717) is 29.9 Å². The number of hydrogen-bond donors (Lipinski definition) is 2. The van der Waals surface area contributed by atoms with Crippen molar-refractivity contribution in [2.24, 2.45) is 0 Å². The number of halogens is 3. The van der Waals surface area contributed by atoms with Gasteiger partial charge in [-0.1, -0.05) is 24.3 Å². The van der Waals surface area contributed by atoms with E-state index in [1.165, 1.54) is 0 Å². The lowest BCUT2D eigenvalue weighted by Crippen LogP contribution is -2.51. The molecule has 0 saturated carbocycles. The summed E-state index contributed by atoms with van der Waals surface area (Å²) in [5.74, 6) is -0.254. The second-order valence-corrected chi connectivity index (χ2v) is 6.80. The Morgan fingerprint density at radius 3 is 2.54 bits per heavy atom. The van der Waals surface area contributed by atoms with E-state index in [1.807, 2.05) is 11.0 Å². The number of likely N-dealkylation sites (N-methyl/N-ethyl adjacent to an activating group) is 1. The Morgan fingerprint density at radius 1 is 1.11 bits per heavy atom. The van der Waals surface area contributed by atoms with E-state index in [1.54, 1.807) is 55.6 Å². The summed E-state index contributed by atoms with van der Waals surface area (Å²) in [5, 5.41) is 5.92. The molecule has 3 rings (SSSR count). The van der Waals surface area contributed by atoms with Gasteiger partial charge < -0.3 is 15.5 Å². The highest BCUT2D eigenvalue weighted by Gasteiger charge is 2.39. The van der Waals surface area contributed by atoms with Gasteiger partial charge in [-0.05, 0) is 50.3 Å². The highest BCUT2D eigenvalue weighted by Crippen LogP contribution is 2.26. The zero-order valence-corrected chi connectivity index (χ0v) is 15.4. The van der Waals surface area contributed by atoms with Crippen molar-refractivity contribution in [3.63, 3.8) is 0 Å². The number of likely N-dealkylation sites (tertiary alicyclic amines) is 1. The number of nitrogens with zero attached hydrogens (tertiary/aromatic N) is 1. The smallest absolute Gasteiger partial charge is 0.380 e. The van der Waals surface area contributed by atoms with Crippen molar-refractivity contribution in [2.75, 3.05) is 30.8 Å². The lowest BCUT2D eigenvalue weighted by molar-refractivity contribution is -0.346. The van der Waals surface area contributed by atoms with E-state index in [4.69, 9.17) is 0 Å². The van der Waals surface area contributed by atoms with Crippen LogP contribution in [0.3, 0.4) is 0 Å². The molecule has 1 heterocycles. The Labute approximate surface area is 161 Å². The predicted octanol–water partition coefficient (Wildman–Crippen LogP) is 3.96. The largest absolute Gasteiger partial charge is 0.522 e. The first-order valence-corrected chi connectivity index (χ1v) is 8.96. The molecule has 2 aromatic carbocycles. The number of piperidine rings is 1. The summed E-state index contributed by atoms with van der Waals surface area (Å²) in [6, 6.07) is 15.2. The molecule has 1 amide bonds. The molecule has 150 valence electrons. The number of anilines is 2. The standard InChI is InChI=1S/C20H22F3N3O2/c1-26-11-10-17(18(13-26)28-20(21,22)23)24-15-8-5-9-16(12-15)25-19(27)14-6-3-2-4-7-14/h2-9,12,17-18,24H,10-11,13H2,1H3,(H,25,27). The number of nitrogens with one attached hydrogen (secondary N) is 2. The molecule has 1 aliphatic heterocycles. The van der Waals surface area contributed by atoms with Gasteiger partial charge in [-0.3, -0.25) is 9.53 Å². The molecule has 8 heteroatoms. The number of carbonyl (C=O) groups is 1. The normalized spacial score (nSPS) is 20.6. The fraction of sp³-hybridized carbons (Fsp3) is 0.350. The van der Waals surface area contributed by atoms with Gasteiger partial charge in [0.05, 0.1) is 12.1 Å². The lowest BCUT2D eigenvalue weighted by Gasteiger charge is -2.37. The van der Waals surface area contributed by atoms with Gasteiger partial charge in [0, 0.05) is 23.5 Å². The quantitative estimate of drug-likeness (QED) is 0.808. The van der Waals surface area contributed by atoms with Crippen molar-refractivity contribution >= 4 is 17.3 Å². The summed E-state index contributed by atoms with van der Waals surface area (Å²) in [5.41, 5.74) is 1.70. The first-order chi connectivity index (χ1) is 13.3. The highest BCUT2D eigenvalue weighted by atomic mass is 19.4. The number of amides is 1. The second kappa shape index (κ2) is 8.62. The fourth-order valence-electron chi connectivity index (χ4n) is 3.22. The Kier molecular flexibility index (Phi) is 6.21. The van der Waals surface area contributed by atoms with Gasteiger partial charge in [0.25, 0.3) is 5.91 Å². The molecule has 0 radical (unpaired) electrons.